The molecule has 31 valence electrons. The molecule has 0 aromatic rings. The van der Waals surface area contributed by atoms with Crippen LogP contribution in [0, 0.1) is 0 Å². The first kappa shape index (κ1) is 5.42. The zero-order valence-electron chi connectivity index (χ0n) is 2.08. The zero-order chi connectivity index (χ0) is 4.28. The highest BCUT2D eigenvalue weighted by Gasteiger charge is 1.78. The summed E-state index contributed by atoms with van der Waals surface area (Å²) < 4.78 is 20.0. The van der Waals surface area contributed by atoms with E-state index >= 15 is 0 Å². The first-order chi connectivity index (χ1) is 2.27. The molecule has 1 radical (unpaired) electrons. The van der Waals surface area contributed by atoms with Crippen LogP contribution in [0.1, 0.15) is 0 Å². The van der Waals surface area contributed by atoms with E-state index in [2.05, 4.69) is 16.5 Å². The van der Waals surface area contributed by atoms with Gasteiger partial charge in [0.2, 0.25) is 0 Å². The van der Waals surface area contributed by atoms with Crippen molar-refractivity contribution in [3.63, 3.8) is 0 Å². The van der Waals surface area contributed by atoms with Crippen LogP contribution < -0.4 is 0 Å². The summed E-state index contributed by atoms with van der Waals surface area (Å²) in [5.41, 5.74) is 0. The smallest absolute Gasteiger partial charge is 0.283 e. The third-order valence-electron chi connectivity index (χ3n) is 0.0582. The zero-order valence-corrected chi connectivity index (χ0v) is 3.71. The van der Waals surface area contributed by atoms with Gasteiger partial charge in [-0.1, -0.05) is 0 Å². The minimum atomic E-state index is -2.26. The third-order valence-corrected chi connectivity index (χ3v) is 0.524. The van der Waals surface area contributed by atoms with Crippen LogP contribution >= 0.6 is 12.9 Å². The van der Waals surface area contributed by atoms with Gasteiger partial charge in [0.15, 0.2) is 0 Å². The van der Waals surface area contributed by atoms with E-state index in [0.717, 1.165) is 0 Å². The second-order valence-electron chi connectivity index (χ2n) is 0.285. The van der Waals surface area contributed by atoms with Gasteiger partial charge in [0.05, 0.1) is 0 Å². The third kappa shape index (κ3) is 4.42. The van der Waals surface area contributed by atoms with Crippen molar-refractivity contribution in [2.75, 3.05) is 0 Å². The van der Waals surface area contributed by atoms with Gasteiger partial charge in [-0.15, -0.1) is 0 Å². The average Bonchev–Trinajstić information content (AvgIpc) is 1.38. The summed E-state index contributed by atoms with van der Waals surface area (Å²) in [4.78, 5) is 0. The van der Waals surface area contributed by atoms with Crippen LogP contribution in [0.3, 0.4) is 0 Å². The van der Waals surface area contributed by atoms with Crippen LogP contribution in [0.25, 0.3) is 0 Å². The Kier molecular flexibility index (Phi) is 2.87. The average molecular weight is 113 g/mol. The fourth-order valence-corrected chi connectivity index (χ4v) is 0. The monoisotopic (exact) mass is 113 g/mol. The first-order valence-corrected chi connectivity index (χ1v) is 2.05. The summed E-state index contributed by atoms with van der Waals surface area (Å²) >= 11 is 1.37. The van der Waals surface area contributed by atoms with Gasteiger partial charge < -0.3 is 0 Å². The molecule has 0 fully saturated rings. The van der Waals surface area contributed by atoms with E-state index < -0.39 is 11.4 Å². The molecule has 1 atom stereocenters. The maximum absolute atomic E-state index is 9.15. The highest BCUT2D eigenvalue weighted by atomic mass is 32.3. The molecular formula is HO3S2. The van der Waals surface area contributed by atoms with Crippen molar-refractivity contribution in [1.82, 2.24) is 0 Å². The summed E-state index contributed by atoms with van der Waals surface area (Å²) in [6, 6.07) is 0. The molecule has 0 aliphatic rings. The largest absolute Gasteiger partial charge is 0.314 e. The van der Waals surface area contributed by atoms with Crippen molar-refractivity contribution < 1.29 is 12.4 Å². The Labute approximate surface area is 37.4 Å². The van der Waals surface area contributed by atoms with Crippen molar-refractivity contribution in [1.29, 1.82) is 0 Å². The molecule has 5 heavy (non-hydrogen) atoms. The Morgan fingerprint density at radius 3 is 2.20 bits per heavy atom. The molecule has 5 heteroatoms. The van der Waals surface area contributed by atoms with Gasteiger partial charge in [-0.05, 0) is 0 Å². The van der Waals surface area contributed by atoms with E-state index in [1.807, 2.05) is 0 Å². The topological polar surface area (TPSA) is 46.5 Å². The molecule has 0 heterocycles. The maximum Gasteiger partial charge on any atom is 0.314 e. The van der Waals surface area contributed by atoms with Crippen molar-refractivity contribution in [2.45, 2.75) is 0 Å². The SMILES string of the molecule is O=S(O)O[S]. The van der Waals surface area contributed by atoms with Crippen molar-refractivity contribution in [3.8, 4) is 0 Å². The molecule has 0 bridgehead atoms. The molecule has 0 aromatic heterocycles. The molecule has 0 amide bonds. The lowest BCUT2D eigenvalue weighted by Gasteiger charge is -1.72. The Balaban J connectivity index is 2.85. The fraction of sp³-hybridized carbons (Fsp3) is 0. The molecule has 0 aliphatic carbocycles. The molecule has 0 rings (SSSR count). The molecule has 1 N–H and O–H groups in total. The summed E-state index contributed by atoms with van der Waals surface area (Å²) in [6.07, 6.45) is 0. The highest BCUT2D eigenvalue weighted by Crippen LogP contribution is 1.77. The molecule has 0 saturated heterocycles. The molecule has 1 unspecified atom stereocenters. The second-order valence-corrected chi connectivity index (χ2v) is 1.26. The van der Waals surface area contributed by atoms with E-state index in [9.17, 15) is 0 Å². The van der Waals surface area contributed by atoms with E-state index in [0.29, 0.717) is 0 Å². The molecule has 0 aliphatic heterocycles. The first-order valence-electron chi connectivity index (χ1n) is 0.683. The van der Waals surface area contributed by atoms with Crippen molar-refractivity contribution in [3.05, 3.63) is 0 Å². The summed E-state index contributed by atoms with van der Waals surface area (Å²) in [5.74, 6) is 0. The van der Waals surface area contributed by atoms with Gasteiger partial charge in [-0.2, -0.15) is 7.84 Å². The van der Waals surface area contributed by atoms with Crippen LogP contribution in [0.2, 0.25) is 0 Å². The summed E-state index contributed by atoms with van der Waals surface area (Å²) in [7, 11) is 0. The number of hydrogen-bond donors (Lipinski definition) is 1. The van der Waals surface area contributed by atoms with E-state index in [-0.39, 0.29) is 0 Å². The fourth-order valence-electron chi connectivity index (χ4n) is 0. The van der Waals surface area contributed by atoms with Crippen LogP contribution in [-0.2, 0) is 15.0 Å². The predicted octanol–water partition coefficient (Wildman–Crippen LogP) is 0.252. The number of rotatable bonds is 1. The van der Waals surface area contributed by atoms with Crippen molar-refractivity contribution >= 4 is 24.3 Å². The van der Waals surface area contributed by atoms with Crippen LogP contribution in [0.15, 0.2) is 0 Å². The van der Waals surface area contributed by atoms with Gasteiger partial charge in [-0.25, -0.2) is 0 Å². The Bertz CT molecular complexity index is 40.2. The minimum Gasteiger partial charge on any atom is -0.283 e. The number of hydrogen-bond acceptors (Lipinski definition) is 2. The Hall–Kier alpha value is 0.420. The lowest BCUT2D eigenvalue weighted by Crippen LogP contribution is -1.78. The quantitative estimate of drug-likeness (QED) is 0.496. The van der Waals surface area contributed by atoms with Crippen LogP contribution in [0.4, 0.5) is 0 Å². The second kappa shape index (κ2) is 2.65. The molecule has 0 saturated carbocycles. The normalized spacial score (nSPS) is 14.8. The molecule has 3 nitrogen and oxygen atoms in total. The Morgan fingerprint density at radius 1 is 2.00 bits per heavy atom. The van der Waals surface area contributed by atoms with E-state index in [1.165, 1.54) is 0 Å². The summed E-state index contributed by atoms with van der Waals surface area (Å²) in [5, 5.41) is 0. The van der Waals surface area contributed by atoms with Gasteiger partial charge in [0, 0.05) is 0 Å². The van der Waals surface area contributed by atoms with Gasteiger partial charge in [0.1, 0.15) is 12.9 Å². The van der Waals surface area contributed by atoms with E-state index in [1.54, 1.807) is 0 Å². The maximum atomic E-state index is 9.15. The molecule has 0 spiro atoms. The Morgan fingerprint density at radius 2 is 2.20 bits per heavy atom. The molecular weight excluding hydrogens is 112 g/mol. The van der Waals surface area contributed by atoms with Crippen LogP contribution in [-0.4, -0.2) is 8.76 Å². The lowest BCUT2D eigenvalue weighted by molar-refractivity contribution is 0.489. The summed E-state index contributed by atoms with van der Waals surface area (Å²) in [6.45, 7) is 0. The lowest BCUT2D eigenvalue weighted by atomic mass is 15.8. The molecule has 0 aromatic carbocycles. The standard InChI is InChI=1S/HO3S2/c1-5(2)3-4/h(H,1,2). The minimum absolute atomic E-state index is 2.26. The van der Waals surface area contributed by atoms with Crippen molar-refractivity contribution in [2.24, 2.45) is 0 Å². The van der Waals surface area contributed by atoms with Crippen LogP contribution in [0.5, 0.6) is 0 Å². The predicted molar refractivity (Wildman–Crippen MR) is 19.4 cm³/mol. The van der Waals surface area contributed by atoms with Gasteiger partial charge >= 0.3 is 11.4 Å². The van der Waals surface area contributed by atoms with Gasteiger partial charge in [-0.3, -0.25) is 4.55 Å². The van der Waals surface area contributed by atoms with E-state index in [4.69, 9.17) is 8.76 Å². The van der Waals surface area contributed by atoms with Gasteiger partial charge in [0.25, 0.3) is 0 Å². The highest BCUT2D eigenvalue weighted by molar-refractivity contribution is 7.88.